The topological polar surface area (TPSA) is 240 Å². The van der Waals surface area contributed by atoms with Crippen LogP contribution in [0.2, 0.25) is 0 Å². The monoisotopic (exact) mass is 620 g/mol. The molecule has 3 unspecified atom stereocenters. The summed E-state index contributed by atoms with van der Waals surface area (Å²) in [5, 5.41) is 0. The fraction of sp³-hybridized carbons (Fsp3) is 0.455. The fourth-order valence-corrected chi connectivity index (χ4v) is 6.09. The molecule has 0 aromatic carbocycles. The van der Waals surface area contributed by atoms with Crippen LogP contribution in [0.5, 0.6) is 0 Å². The lowest BCUT2D eigenvalue weighted by molar-refractivity contribution is -0.0390. The van der Waals surface area contributed by atoms with Gasteiger partial charge in [0.05, 0.1) is 18.8 Å². The first kappa shape index (κ1) is 28.5. The standard InChI is InChI=1S/C22H25N10O8P2/c1-2-11-3-15(31-9-29-17-19(23)25-7-27-21(17)31)38-13(11)5-37-42(35)40-12-4-16(39-14(12)6-36-41(33)34)32-10-30-18-20(24)26-8-28-22(18)32/h2,7-16H,1,3-6H2,(H4-,23,24,25,26,27,28,33,34)/q+1/p+1/t11-,12-,13+,14?,15+,16+/m0/s1. The molecule has 20 heteroatoms. The third-order valence-electron chi connectivity index (χ3n) is 7.08. The van der Waals surface area contributed by atoms with E-state index in [0.717, 1.165) is 0 Å². The predicted octanol–water partition coefficient (Wildman–Crippen LogP) is 1.93. The van der Waals surface area contributed by atoms with Crippen LogP contribution in [-0.2, 0) is 32.2 Å². The van der Waals surface area contributed by atoms with Crippen molar-refractivity contribution in [1.29, 1.82) is 0 Å². The lowest BCUT2D eigenvalue weighted by Crippen LogP contribution is -2.27. The maximum absolute atomic E-state index is 12.9. The summed E-state index contributed by atoms with van der Waals surface area (Å²) >= 11 is 0. The molecule has 2 saturated heterocycles. The molecule has 4 aromatic rings. The summed E-state index contributed by atoms with van der Waals surface area (Å²) in [4.78, 5) is 34.0. The van der Waals surface area contributed by atoms with Crippen LogP contribution in [0.4, 0.5) is 11.6 Å². The van der Waals surface area contributed by atoms with Crippen LogP contribution in [0.1, 0.15) is 25.3 Å². The Balaban J connectivity index is 1.10. The lowest BCUT2D eigenvalue weighted by atomic mass is 10.0. The maximum atomic E-state index is 12.9. The second kappa shape index (κ2) is 11.9. The van der Waals surface area contributed by atoms with Crippen molar-refractivity contribution in [2.24, 2.45) is 5.92 Å². The van der Waals surface area contributed by atoms with E-state index in [2.05, 4.69) is 36.5 Å². The number of hydrogen-bond acceptors (Lipinski definition) is 15. The highest BCUT2D eigenvalue weighted by Crippen LogP contribution is 2.41. The number of nitrogens with zero attached hydrogens (tertiary/aromatic N) is 8. The number of rotatable bonds is 11. The molecular weight excluding hydrogens is 594 g/mol. The predicted molar refractivity (Wildman–Crippen MR) is 144 cm³/mol. The van der Waals surface area contributed by atoms with Crippen LogP contribution in [0, 0.1) is 5.92 Å². The van der Waals surface area contributed by atoms with E-state index in [1.807, 2.05) is 0 Å². The minimum Gasteiger partial charge on any atom is -0.382 e. The Kier molecular flexibility index (Phi) is 8.11. The van der Waals surface area contributed by atoms with Crippen molar-refractivity contribution in [2.75, 3.05) is 24.7 Å². The van der Waals surface area contributed by atoms with Crippen LogP contribution in [0.15, 0.2) is 38.0 Å². The van der Waals surface area contributed by atoms with Gasteiger partial charge in [0.2, 0.25) is 0 Å². The Morgan fingerprint density at radius 2 is 1.48 bits per heavy atom. The Hall–Kier alpha value is -3.60. The van der Waals surface area contributed by atoms with E-state index in [9.17, 15) is 9.13 Å². The molecule has 5 N–H and O–H groups in total. The van der Waals surface area contributed by atoms with Gasteiger partial charge in [-0.15, -0.1) is 25.0 Å². The third kappa shape index (κ3) is 5.58. The summed E-state index contributed by atoms with van der Waals surface area (Å²) in [5.41, 5.74) is 13.6. The largest absolute Gasteiger partial charge is 0.697 e. The SMILES string of the molecule is C=C[C@H]1C[C@H](n2cnc3c(N)ncnc32)O[C@@H]1CO[P+](=O)O[C@H]1C[C@H](n2cnc3c(N)ncnc32)OC1CO[P+](=O)O. The second-order valence-corrected chi connectivity index (χ2v) is 11.1. The van der Waals surface area contributed by atoms with Crippen molar-refractivity contribution in [2.45, 2.75) is 43.6 Å². The molecule has 2 aliphatic heterocycles. The average Bonchev–Trinajstić information content (AvgIpc) is 3.75. The molecule has 42 heavy (non-hydrogen) atoms. The number of nitrogen functional groups attached to an aromatic ring is 2. The molecule has 0 aliphatic carbocycles. The van der Waals surface area contributed by atoms with Crippen molar-refractivity contribution in [3.8, 4) is 0 Å². The maximum Gasteiger partial charge on any atom is 0.697 e. The summed E-state index contributed by atoms with van der Waals surface area (Å²) in [6, 6.07) is 0. The fourth-order valence-electron chi connectivity index (χ4n) is 5.04. The number of aromatic nitrogens is 8. The number of anilines is 2. The summed E-state index contributed by atoms with van der Waals surface area (Å²) in [5.74, 6) is 0.337. The van der Waals surface area contributed by atoms with Crippen LogP contribution in [0.3, 0.4) is 0 Å². The van der Waals surface area contributed by atoms with Gasteiger partial charge in [0.1, 0.15) is 61.6 Å². The molecule has 6 heterocycles. The molecule has 220 valence electrons. The molecule has 0 saturated carbocycles. The van der Waals surface area contributed by atoms with E-state index < -0.39 is 47.3 Å². The Morgan fingerprint density at radius 1 is 0.905 bits per heavy atom. The number of ether oxygens (including phenoxy) is 2. The summed E-state index contributed by atoms with van der Waals surface area (Å²) < 4.78 is 55.8. The van der Waals surface area contributed by atoms with E-state index in [1.54, 1.807) is 21.5 Å². The van der Waals surface area contributed by atoms with Crippen LogP contribution >= 0.6 is 16.5 Å². The Morgan fingerprint density at radius 3 is 2.07 bits per heavy atom. The normalized spacial score (nSPS) is 26.7. The Bertz CT molecular complexity index is 1650. The first-order chi connectivity index (χ1) is 20.3. The van der Waals surface area contributed by atoms with Gasteiger partial charge in [-0.05, 0) is 0 Å². The minimum atomic E-state index is -2.89. The van der Waals surface area contributed by atoms with Crippen LogP contribution in [-0.4, -0.2) is 75.5 Å². The number of hydrogen-bond donors (Lipinski definition) is 3. The van der Waals surface area contributed by atoms with Gasteiger partial charge in [0.15, 0.2) is 22.9 Å². The van der Waals surface area contributed by atoms with Crippen molar-refractivity contribution in [3.05, 3.63) is 38.0 Å². The van der Waals surface area contributed by atoms with Gasteiger partial charge < -0.3 is 20.9 Å². The number of fused-ring (bicyclic) bond motifs is 2. The first-order valence-electron chi connectivity index (χ1n) is 12.7. The van der Waals surface area contributed by atoms with E-state index >= 15 is 0 Å². The van der Waals surface area contributed by atoms with Crippen molar-refractivity contribution in [1.82, 2.24) is 39.0 Å². The molecule has 0 bridgehead atoms. The highest BCUT2D eigenvalue weighted by atomic mass is 31.1. The van der Waals surface area contributed by atoms with Crippen molar-refractivity contribution >= 4 is 50.5 Å². The van der Waals surface area contributed by atoms with Gasteiger partial charge in [-0.25, -0.2) is 29.9 Å². The molecular formula is C22H26N10O8P2+2. The quantitative estimate of drug-likeness (QED) is 0.160. The highest BCUT2D eigenvalue weighted by Gasteiger charge is 2.46. The molecule has 2 aliphatic rings. The summed E-state index contributed by atoms with van der Waals surface area (Å²) in [6.07, 6.45) is 4.93. The third-order valence-corrected chi connectivity index (χ3v) is 8.25. The van der Waals surface area contributed by atoms with Gasteiger partial charge in [-0.2, -0.15) is 0 Å². The van der Waals surface area contributed by atoms with Crippen LogP contribution in [0.25, 0.3) is 22.3 Å². The van der Waals surface area contributed by atoms with Gasteiger partial charge >= 0.3 is 16.5 Å². The zero-order valence-electron chi connectivity index (χ0n) is 21.8. The number of nitrogens with two attached hydrogens (primary N) is 2. The molecule has 18 nitrogen and oxygen atoms in total. The molecule has 0 radical (unpaired) electrons. The van der Waals surface area contributed by atoms with E-state index in [1.165, 1.54) is 19.0 Å². The van der Waals surface area contributed by atoms with E-state index in [4.69, 9.17) is 39.4 Å². The van der Waals surface area contributed by atoms with Crippen molar-refractivity contribution < 1.29 is 37.1 Å². The van der Waals surface area contributed by atoms with Gasteiger partial charge in [0, 0.05) is 27.9 Å². The van der Waals surface area contributed by atoms with Gasteiger partial charge in [-0.1, -0.05) is 6.08 Å². The van der Waals surface area contributed by atoms with Gasteiger partial charge in [-0.3, -0.25) is 9.13 Å². The van der Waals surface area contributed by atoms with E-state index in [-0.39, 0.29) is 37.2 Å². The zero-order valence-corrected chi connectivity index (χ0v) is 23.6. The van der Waals surface area contributed by atoms with E-state index in [0.29, 0.717) is 28.7 Å². The molecule has 0 spiro atoms. The minimum absolute atomic E-state index is 0.0603. The summed E-state index contributed by atoms with van der Waals surface area (Å²) in [7, 11) is -5.55. The smallest absolute Gasteiger partial charge is 0.382 e. The van der Waals surface area contributed by atoms with Crippen LogP contribution < -0.4 is 11.5 Å². The lowest BCUT2D eigenvalue weighted by Gasteiger charge is -2.14. The average molecular weight is 620 g/mol. The van der Waals surface area contributed by atoms with Gasteiger partial charge in [0.25, 0.3) is 0 Å². The first-order valence-corrected chi connectivity index (χ1v) is 14.9. The number of imidazole rings is 2. The summed E-state index contributed by atoms with van der Waals surface area (Å²) in [6.45, 7) is 3.54. The molecule has 4 aromatic heterocycles. The highest BCUT2D eigenvalue weighted by molar-refractivity contribution is 7.33. The second-order valence-electron chi connectivity index (χ2n) is 9.49. The molecule has 0 amide bonds. The molecule has 2 fully saturated rings. The molecule has 8 atom stereocenters. The van der Waals surface area contributed by atoms with Crippen molar-refractivity contribution in [3.63, 3.8) is 0 Å². The Labute approximate surface area is 238 Å². The molecule has 6 rings (SSSR count). The zero-order chi connectivity index (χ0) is 29.4.